The first-order chi connectivity index (χ1) is 13.5. The third-order valence-corrected chi connectivity index (χ3v) is 5.41. The minimum atomic E-state index is -0.0456. The van der Waals surface area contributed by atoms with Gasteiger partial charge in [-0.2, -0.15) is 0 Å². The second-order valence-corrected chi connectivity index (χ2v) is 7.18. The van der Waals surface area contributed by atoms with Crippen LogP contribution in [0.2, 0.25) is 0 Å². The van der Waals surface area contributed by atoms with Crippen LogP contribution in [0.1, 0.15) is 23.7 Å². The van der Waals surface area contributed by atoms with Crippen LogP contribution in [-0.2, 0) is 4.79 Å². The van der Waals surface area contributed by atoms with E-state index in [1.165, 1.54) is 5.22 Å². The molecule has 7 nitrogen and oxygen atoms in total. The average Bonchev–Trinajstić information content (AvgIpc) is 3.18. The van der Waals surface area contributed by atoms with E-state index in [1.807, 2.05) is 24.3 Å². The van der Waals surface area contributed by atoms with Crippen LogP contribution < -0.4 is 15.9 Å². The zero-order valence-electron chi connectivity index (χ0n) is 16.1. The normalized spacial score (nSPS) is 17.4. The van der Waals surface area contributed by atoms with Gasteiger partial charge in [0.25, 0.3) is 5.91 Å². The van der Waals surface area contributed by atoms with Crippen molar-refractivity contribution in [3.05, 3.63) is 58.7 Å². The number of amides is 2. The van der Waals surface area contributed by atoms with Crippen molar-refractivity contribution in [2.45, 2.75) is 19.4 Å². The van der Waals surface area contributed by atoms with Crippen LogP contribution in [0.3, 0.4) is 0 Å². The molecule has 0 spiro atoms. The summed E-state index contributed by atoms with van der Waals surface area (Å²) in [6, 6.07) is 11.7. The first-order valence-electron chi connectivity index (χ1n) is 9.42. The van der Waals surface area contributed by atoms with Gasteiger partial charge >= 0.3 is 0 Å². The lowest BCUT2D eigenvalue weighted by molar-refractivity contribution is -0.129. The number of anilines is 1. The molecule has 1 aromatic heterocycles. The fourth-order valence-electron chi connectivity index (χ4n) is 3.58. The Hall–Kier alpha value is -3.22. The number of benzene rings is 1. The van der Waals surface area contributed by atoms with Crippen LogP contribution in [0.5, 0.6) is 0 Å². The van der Waals surface area contributed by atoms with Gasteiger partial charge in [-0.3, -0.25) is 14.6 Å². The van der Waals surface area contributed by atoms with E-state index in [9.17, 15) is 9.59 Å². The number of rotatable bonds is 5. The van der Waals surface area contributed by atoms with Gasteiger partial charge in [0.2, 0.25) is 5.91 Å². The molecule has 0 unspecified atom stereocenters. The van der Waals surface area contributed by atoms with Crippen molar-refractivity contribution in [2.24, 2.45) is 4.99 Å². The zero-order chi connectivity index (χ0) is 19.7. The van der Waals surface area contributed by atoms with Crippen molar-refractivity contribution in [3.63, 3.8) is 0 Å². The monoisotopic (exact) mass is 377 g/mol. The maximum absolute atomic E-state index is 12.7. The lowest BCUT2D eigenvalue weighted by Gasteiger charge is -2.23. The quantitative estimate of drug-likeness (QED) is 0.829. The summed E-state index contributed by atoms with van der Waals surface area (Å²) in [4.78, 5) is 36.5. The van der Waals surface area contributed by atoms with E-state index in [4.69, 9.17) is 0 Å². The number of fused-ring (bicyclic) bond motifs is 1. The molecule has 2 aliphatic rings. The number of nitrogens with one attached hydrogen (secondary N) is 1. The smallest absolute Gasteiger partial charge is 0.255 e. The van der Waals surface area contributed by atoms with Crippen LogP contribution in [0.4, 0.5) is 5.82 Å². The topological polar surface area (TPSA) is 77.9 Å². The summed E-state index contributed by atoms with van der Waals surface area (Å²) in [5.41, 5.74) is 1.57. The van der Waals surface area contributed by atoms with Crippen molar-refractivity contribution in [2.75, 3.05) is 32.0 Å². The Morgan fingerprint density at radius 1 is 1.25 bits per heavy atom. The minimum Gasteiger partial charge on any atom is -0.364 e. The average molecular weight is 377 g/mol. The Balaban J connectivity index is 1.35. The lowest BCUT2D eigenvalue weighted by Crippen LogP contribution is -2.38. The van der Waals surface area contributed by atoms with E-state index in [0.29, 0.717) is 31.0 Å². The van der Waals surface area contributed by atoms with Gasteiger partial charge in [-0.25, -0.2) is 4.98 Å². The number of carbonyl (C=O) groups excluding carboxylic acids is 2. The first kappa shape index (κ1) is 18.2. The van der Waals surface area contributed by atoms with Gasteiger partial charge in [0.15, 0.2) is 0 Å². The number of hydrogen-bond acceptors (Lipinski definition) is 5. The van der Waals surface area contributed by atoms with Gasteiger partial charge < -0.3 is 15.1 Å². The number of carbonyl (C=O) groups is 2. The zero-order valence-corrected chi connectivity index (χ0v) is 16.1. The molecule has 0 aliphatic carbocycles. The van der Waals surface area contributed by atoms with Crippen molar-refractivity contribution in [1.29, 1.82) is 0 Å². The van der Waals surface area contributed by atoms with Crippen LogP contribution in [0.25, 0.3) is 5.70 Å². The highest BCUT2D eigenvalue weighted by Crippen LogP contribution is 2.18. The number of likely N-dealkylation sites (tertiary alicyclic amines) is 1. The number of pyridine rings is 1. The number of para-hydroxylation sites is 1. The summed E-state index contributed by atoms with van der Waals surface area (Å²) in [7, 11) is 1.79. The molecule has 1 atom stereocenters. The highest BCUT2D eigenvalue weighted by atomic mass is 16.2. The molecule has 2 aliphatic heterocycles. The molecule has 1 N–H and O–H groups in total. The second kappa shape index (κ2) is 7.42. The van der Waals surface area contributed by atoms with E-state index in [0.717, 1.165) is 17.5 Å². The summed E-state index contributed by atoms with van der Waals surface area (Å²) < 4.78 is 0. The predicted molar refractivity (Wildman–Crippen MR) is 106 cm³/mol. The summed E-state index contributed by atoms with van der Waals surface area (Å²) in [5, 5.41) is 5.44. The number of hydrogen-bond donors (Lipinski definition) is 1. The summed E-state index contributed by atoms with van der Waals surface area (Å²) in [6.07, 6.45) is 2.40. The molecule has 7 heteroatoms. The van der Waals surface area contributed by atoms with E-state index in [1.54, 1.807) is 36.0 Å². The molecule has 28 heavy (non-hydrogen) atoms. The third-order valence-electron chi connectivity index (χ3n) is 5.41. The SMILES string of the molecule is CC(=O)N(C)[C@H]1CCN(C(=O)c2ccc(NCC3=c4ccccc4=N3)nc2)C1. The Labute approximate surface area is 163 Å². The largest absolute Gasteiger partial charge is 0.364 e. The van der Waals surface area contributed by atoms with Gasteiger partial charge in [-0.15, -0.1) is 0 Å². The maximum atomic E-state index is 12.7. The molecular formula is C21H23N5O2. The fourth-order valence-corrected chi connectivity index (χ4v) is 3.58. The standard InChI is InChI=1S/C21H23N5O2/c1-14(27)25(2)16-9-10-26(13-16)21(28)15-7-8-20(22-11-15)23-12-19-17-5-3-4-6-18(17)24-19/h3-8,11,16H,9-10,12-13H2,1-2H3,(H,22,23)/t16-/m0/s1. The fraction of sp³-hybridized carbons (Fsp3) is 0.333. The molecule has 144 valence electrons. The van der Waals surface area contributed by atoms with E-state index in [-0.39, 0.29) is 17.9 Å². The molecule has 2 aromatic rings. The third kappa shape index (κ3) is 3.47. The maximum Gasteiger partial charge on any atom is 0.255 e. The summed E-state index contributed by atoms with van der Waals surface area (Å²) >= 11 is 0. The molecule has 1 saturated heterocycles. The van der Waals surface area contributed by atoms with Crippen molar-refractivity contribution < 1.29 is 9.59 Å². The van der Waals surface area contributed by atoms with E-state index < -0.39 is 0 Å². The molecule has 1 aromatic carbocycles. The van der Waals surface area contributed by atoms with Crippen LogP contribution >= 0.6 is 0 Å². The Kier molecular flexibility index (Phi) is 4.81. The van der Waals surface area contributed by atoms with Gasteiger partial charge in [0.1, 0.15) is 5.82 Å². The second-order valence-electron chi connectivity index (χ2n) is 7.18. The molecule has 0 radical (unpaired) electrons. The highest BCUT2D eigenvalue weighted by molar-refractivity contribution is 5.94. The summed E-state index contributed by atoms with van der Waals surface area (Å²) in [6.45, 7) is 3.37. The minimum absolute atomic E-state index is 0.0232. The first-order valence-corrected chi connectivity index (χ1v) is 9.42. The number of likely N-dealkylation sites (N-methyl/N-ethyl adjacent to an activating group) is 1. The van der Waals surface area contributed by atoms with Crippen molar-refractivity contribution >= 4 is 23.3 Å². The lowest BCUT2D eigenvalue weighted by atomic mass is 10.1. The molecule has 0 bridgehead atoms. The Morgan fingerprint density at radius 3 is 2.79 bits per heavy atom. The summed E-state index contributed by atoms with van der Waals surface area (Å²) in [5.74, 6) is 0.685. The van der Waals surface area contributed by atoms with Gasteiger partial charge in [-0.1, -0.05) is 18.2 Å². The molecule has 3 heterocycles. The van der Waals surface area contributed by atoms with Crippen molar-refractivity contribution in [3.8, 4) is 0 Å². The van der Waals surface area contributed by atoms with Crippen LogP contribution in [0.15, 0.2) is 47.6 Å². The van der Waals surface area contributed by atoms with E-state index in [2.05, 4.69) is 21.4 Å². The highest BCUT2D eigenvalue weighted by Gasteiger charge is 2.30. The number of aromatic nitrogens is 1. The van der Waals surface area contributed by atoms with Gasteiger partial charge in [0.05, 0.1) is 29.2 Å². The Bertz CT molecular complexity index is 1030. The van der Waals surface area contributed by atoms with Crippen LogP contribution in [-0.4, -0.2) is 59.3 Å². The van der Waals surface area contributed by atoms with E-state index >= 15 is 0 Å². The molecule has 1 fully saturated rings. The predicted octanol–water partition coefficient (Wildman–Crippen LogP) is 0.628. The van der Waals surface area contributed by atoms with Gasteiger partial charge in [0, 0.05) is 38.5 Å². The van der Waals surface area contributed by atoms with Crippen LogP contribution in [0, 0.1) is 0 Å². The number of nitrogens with zero attached hydrogens (tertiary/aromatic N) is 4. The molecule has 0 saturated carbocycles. The molecule has 2 amide bonds. The Morgan fingerprint density at radius 2 is 2.07 bits per heavy atom. The molecular weight excluding hydrogens is 354 g/mol. The molecule has 4 rings (SSSR count). The van der Waals surface area contributed by atoms with Gasteiger partial charge in [-0.05, 0) is 24.6 Å². The van der Waals surface area contributed by atoms with Crippen molar-refractivity contribution in [1.82, 2.24) is 14.8 Å².